The first-order chi connectivity index (χ1) is 6.66. The molecule has 2 N–H and O–H groups in total. The van der Waals surface area contributed by atoms with Gasteiger partial charge in [-0.05, 0) is 32.9 Å². The molecule has 0 saturated carbocycles. The number of carbonyl (C=O) groups is 2. The van der Waals surface area contributed by atoms with E-state index in [9.17, 15) is 9.59 Å². The molecule has 1 heterocycles. The summed E-state index contributed by atoms with van der Waals surface area (Å²) < 4.78 is 0. The van der Waals surface area contributed by atoms with Crippen molar-refractivity contribution in [1.82, 2.24) is 10.2 Å². The number of hydrogen-bond donors (Lipinski definition) is 2. The Hall–Kier alpha value is -1.10. The summed E-state index contributed by atoms with van der Waals surface area (Å²) in [4.78, 5) is 23.3. The summed E-state index contributed by atoms with van der Waals surface area (Å²) >= 11 is 0. The van der Waals surface area contributed by atoms with Crippen molar-refractivity contribution in [2.75, 3.05) is 19.6 Å². The Morgan fingerprint density at radius 3 is 2.43 bits per heavy atom. The molecule has 1 rings (SSSR count). The van der Waals surface area contributed by atoms with Gasteiger partial charge in [0.1, 0.15) is 0 Å². The summed E-state index contributed by atoms with van der Waals surface area (Å²) in [5.74, 6) is -2.13. The first kappa shape index (κ1) is 11.0. The van der Waals surface area contributed by atoms with E-state index in [1.807, 2.05) is 6.92 Å². The van der Waals surface area contributed by atoms with E-state index in [0.29, 0.717) is 6.54 Å². The number of amides is 1. The quantitative estimate of drug-likeness (QED) is 0.599. The molecule has 0 unspecified atom stereocenters. The number of carboxylic acids is 1. The predicted molar refractivity (Wildman–Crippen MR) is 50.9 cm³/mol. The van der Waals surface area contributed by atoms with Crippen molar-refractivity contribution in [1.29, 1.82) is 0 Å². The molecule has 80 valence electrons. The number of nitrogens with one attached hydrogen (secondary N) is 1. The van der Waals surface area contributed by atoms with E-state index in [-0.39, 0.29) is 6.04 Å². The van der Waals surface area contributed by atoms with E-state index in [4.69, 9.17) is 5.11 Å². The highest BCUT2D eigenvalue weighted by atomic mass is 16.4. The molecule has 14 heavy (non-hydrogen) atoms. The number of hydrogen-bond acceptors (Lipinski definition) is 3. The number of likely N-dealkylation sites (N-methyl/N-ethyl adjacent to an activating group) is 1. The maximum atomic E-state index is 11.3. The van der Waals surface area contributed by atoms with E-state index in [1.165, 1.54) is 4.90 Å². The maximum Gasteiger partial charge on any atom is 0.394 e. The normalized spacial score (nSPS) is 17.8. The summed E-state index contributed by atoms with van der Waals surface area (Å²) in [6.07, 6.45) is 1.68. The molecular weight excluding hydrogens is 184 g/mol. The minimum atomic E-state index is -1.36. The van der Waals surface area contributed by atoms with Crippen molar-refractivity contribution in [2.24, 2.45) is 0 Å². The van der Waals surface area contributed by atoms with Gasteiger partial charge in [0.2, 0.25) is 0 Å². The predicted octanol–water partition coefficient (Wildman–Crippen LogP) is -0.328. The van der Waals surface area contributed by atoms with Gasteiger partial charge >= 0.3 is 11.9 Å². The molecule has 0 radical (unpaired) electrons. The van der Waals surface area contributed by atoms with Crippen LogP contribution in [0.5, 0.6) is 0 Å². The summed E-state index contributed by atoms with van der Waals surface area (Å²) in [7, 11) is 0. The van der Waals surface area contributed by atoms with Crippen molar-refractivity contribution in [3.05, 3.63) is 0 Å². The molecule has 1 aliphatic rings. The average Bonchev–Trinajstić information content (AvgIpc) is 2.20. The van der Waals surface area contributed by atoms with E-state index >= 15 is 0 Å². The zero-order chi connectivity index (χ0) is 10.6. The van der Waals surface area contributed by atoms with Crippen LogP contribution in [0.25, 0.3) is 0 Å². The zero-order valence-corrected chi connectivity index (χ0v) is 8.32. The standard InChI is InChI=1S/C9H16N2O3/c1-2-11(8(12)9(13)14)7-3-5-10-6-4-7/h7,10H,2-6H2,1H3,(H,13,14). The van der Waals surface area contributed by atoms with Crippen LogP contribution < -0.4 is 5.32 Å². The topological polar surface area (TPSA) is 69.6 Å². The highest BCUT2D eigenvalue weighted by molar-refractivity contribution is 6.31. The Morgan fingerprint density at radius 1 is 1.43 bits per heavy atom. The van der Waals surface area contributed by atoms with E-state index in [1.54, 1.807) is 0 Å². The van der Waals surface area contributed by atoms with E-state index in [0.717, 1.165) is 25.9 Å². The van der Waals surface area contributed by atoms with Gasteiger partial charge in [0, 0.05) is 12.6 Å². The molecule has 0 bridgehead atoms. The fourth-order valence-electron chi connectivity index (χ4n) is 1.81. The Bertz CT molecular complexity index is 224. The molecule has 0 atom stereocenters. The second-order valence-corrected chi connectivity index (χ2v) is 3.38. The molecule has 5 nitrogen and oxygen atoms in total. The Morgan fingerprint density at radius 2 is 2.00 bits per heavy atom. The summed E-state index contributed by atoms with van der Waals surface area (Å²) in [6, 6.07) is 0.0878. The maximum absolute atomic E-state index is 11.3. The molecule has 1 aliphatic heterocycles. The first-order valence-electron chi connectivity index (χ1n) is 4.91. The van der Waals surface area contributed by atoms with Gasteiger partial charge in [-0.3, -0.25) is 4.79 Å². The van der Waals surface area contributed by atoms with Gasteiger partial charge < -0.3 is 15.3 Å². The molecule has 1 saturated heterocycles. The number of carbonyl (C=O) groups excluding carboxylic acids is 1. The smallest absolute Gasteiger partial charge is 0.394 e. The number of aliphatic carboxylic acids is 1. The fourth-order valence-corrected chi connectivity index (χ4v) is 1.81. The molecule has 0 aliphatic carbocycles. The lowest BCUT2D eigenvalue weighted by atomic mass is 10.0. The van der Waals surface area contributed by atoms with Gasteiger partial charge in [-0.2, -0.15) is 0 Å². The Labute approximate surface area is 83.1 Å². The van der Waals surface area contributed by atoms with Crippen LogP contribution >= 0.6 is 0 Å². The van der Waals surface area contributed by atoms with Crippen molar-refractivity contribution >= 4 is 11.9 Å². The SMILES string of the molecule is CCN(C(=O)C(=O)O)C1CCNCC1. The lowest BCUT2D eigenvalue weighted by Crippen LogP contribution is -2.48. The Balaban J connectivity index is 2.59. The van der Waals surface area contributed by atoms with Crippen LogP contribution in [0, 0.1) is 0 Å². The molecule has 1 fully saturated rings. The van der Waals surface area contributed by atoms with E-state index in [2.05, 4.69) is 5.32 Å². The third-order valence-electron chi connectivity index (χ3n) is 2.53. The van der Waals surface area contributed by atoms with Crippen LogP contribution in [0.3, 0.4) is 0 Å². The Kier molecular flexibility index (Phi) is 3.88. The fraction of sp³-hybridized carbons (Fsp3) is 0.778. The number of carboxylic acid groups (broad SMARTS) is 1. The summed E-state index contributed by atoms with van der Waals surface area (Å²) in [5.41, 5.74) is 0. The van der Waals surface area contributed by atoms with E-state index < -0.39 is 11.9 Å². The molecule has 1 amide bonds. The second-order valence-electron chi connectivity index (χ2n) is 3.38. The van der Waals surface area contributed by atoms with Crippen molar-refractivity contribution in [3.63, 3.8) is 0 Å². The molecular formula is C9H16N2O3. The third-order valence-corrected chi connectivity index (χ3v) is 2.53. The van der Waals surface area contributed by atoms with Crippen LogP contribution in [-0.4, -0.2) is 47.6 Å². The van der Waals surface area contributed by atoms with Gasteiger partial charge in [0.25, 0.3) is 0 Å². The monoisotopic (exact) mass is 200 g/mol. The van der Waals surface area contributed by atoms with Crippen LogP contribution in [0.1, 0.15) is 19.8 Å². The van der Waals surface area contributed by atoms with Gasteiger partial charge in [0.05, 0.1) is 0 Å². The van der Waals surface area contributed by atoms with Crippen molar-refractivity contribution in [2.45, 2.75) is 25.8 Å². The minimum Gasteiger partial charge on any atom is -0.474 e. The van der Waals surface area contributed by atoms with Crippen molar-refractivity contribution < 1.29 is 14.7 Å². The highest BCUT2D eigenvalue weighted by Gasteiger charge is 2.27. The zero-order valence-electron chi connectivity index (χ0n) is 8.32. The lowest BCUT2D eigenvalue weighted by molar-refractivity contribution is -0.157. The molecule has 0 spiro atoms. The van der Waals surface area contributed by atoms with Gasteiger partial charge in [-0.15, -0.1) is 0 Å². The van der Waals surface area contributed by atoms with Gasteiger partial charge in [-0.25, -0.2) is 4.79 Å². The molecule has 5 heteroatoms. The highest BCUT2D eigenvalue weighted by Crippen LogP contribution is 2.11. The molecule has 0 aromatic heterocycles. The second kappa shape index (κ2) is 4.95. The average molecular weight is 200 g/mol. The summed E-state index contributed by atoms with van der Waals surface area (Å²) in [5, 5.41) is 11.8. The van der Waals surface area contributed by atoms with Crippen LogP contribution in [0.15, 0.2) is 0 Å². The van der Waals surface area contributed by atoms with Gasteiger partial charge in [-0.1, -0.05) is 0 Å². The van der Waals surface area contributed by atoms with Crippen LogP contribution in [0.4, 0.5) is 0 Å². The largest absolute Gasteiger partial charge is 0.474 e. The van der Waals surface area contributed by atoms with Gasteiger partial charge in [0.15, 0.2) is 0 Å². The minimum absolute atomic E-state index is 0.0878. The first-order valence-corrected chi connectivity index (χ1v) is 4.91. The van der Waals surface area contributed by atoms with Crippen molar-refractivity contribution in [3.8, 4) is 0 Å². The molecule has 0 aromatic carbocycles. The van der Waals surface area contributed by atoms with Crippen LogP contribution in [0.2, 0.25) is 0 Å². The summed E-state index contributed by atoms with van der Waals surface area (Å²) in [6.45, 7) is 3.99. The number of nitrogens with zero attached hydrogens (tertiary/aromatic N) is 1. The lowest BCUT2D eigenvalue weighted by Gasteiger charge is -2.32. The number of piperidine rings is 1. The van der Waals surface area contributed by atoms with Crippen LogP contribution in [-0.2, 0) is 9.59 Å². The third kappa shape index (κ3) is 2.45. The number of rotatable bonds is 2. The molecule has 0 aromatic rings.